The van der Waals surface area contributed by atoms with E-state index in [9.17, 15) is 9.18 Å². The van der Waals surface area contributed by atoms with Gasteiger partial charge in [0.15, 0.2) is 5.58 Å². The second-order valence-corrected chi connectivity index (χ2v) is 8.21. The molecule has 5 rings (SSSR count). The zero-order valence-corrected chi connectivity index (χ0v) is 17.2. The molecule has 6 nitrogen and oxygen atoms in total. The zero-order valence-electron chi connectivity index (χ0n) is 17.2. The van der Waals surface area contributed by atoms with Crippen molar-refractivity contribution in [1.29, 1.82) is 0 Å². The average Bonchev–Trinajstić information content (AvgIpc) is 3.17. The summed E-state index contributed by atoms with van der Waals surface area (Å²) in [7, 11) is 0. The van der Waals surface area contributed by atoms with Crippen molar-refractivity contribution in [3.8, 4) is 0 Å². The lowest BCUT2D eigenvalue weighted by atomic mass is 10.0. The van der Waals surface area contributed by atoms with Crippen LogP contribution in [0.3, 0.4) is 0 Å². The zero-order chi connectivity index (χ0) is 20.7. The van der Waals surface area contributed by atoms with Crippen LogP contribution in [-0.4, -0.2) is 39.2 Å². The highest BCUT2D eigenvalue weighted by Crippen LogP contribution is 2.29. The van der Waals surface area contributed by atoms with Crippen LogP contribution in [0.5, 0.6) is 0 Å². The molecule has 0 fully saturated rings. The molecule has 0 N–H and O–H groups in total. The first-order valence-corrected chi connectivity index (χ1v) is 10.7. The van der Waals surface area contributed by atoms with Crippen molar-refractivity contribution < 1.29 is 8.91 Å². The second-order valence-electron chi connectivity index (χ2n) is 8.21. The van der Waals surface area contributed by atoms with Crippen molar-refractivity contribution in [3.63, 3.8) is 0 Å². The molecule has 0 spiro atoms. The molecule has 1 aromatic carbocycles. The van der Waals surface area contributed by atoms with Gasteiger partial charge in [0, 0.05) is 55.3 Å². The van der Waals surface area contributed by atoms with Crippen molar-refractivity contribution in [2.24, 2.45) is 0 Å². The molecule has 156 valence electrons. The van der Waals surface area contributed by atoms with Crippen LogP contribution in [0.15, 0.2) is 33.6 Å². The molecule has 7 heteroatoms. The Morgan fingerprint density at radius 3 is 2.93 bits per heavy atom. The Bertz CT molecular complexity index is 1190. The molecule has 0 atom stereocenters. The average molecular weight is 408 g/mol. The summed E-state index contributed by atoms with van der Waals surface area (Å²) in [4.78, 5) is 20.0. The van der Waals surface area contributed by atoms with Gasteiger partial charge in [0.2, 0.25) is 0 Å². The van der Waals surface area contributed by atoms with Crippen LogP contribution in [0.4, 0.5) is 4.39 Å². The third-order valence-corrected chi connectivity index (χ3v) is 6.29. The number of fused-ring (bicyclic) bond motifs is 2. The molecule has 0 saturated heterocycles. The van der Waals surface area contributed by atoms with Crippen LogP contribution in [0.1, 0.15) is 42.0 Å². The van der Waals surface area contributed by atoms with Crippen molar-refractivity contribution in [2.45, 2.75) is 45.6 Å². The monoisotopic (exact) mass is 408 g/mol. The van der Waals surface area contributed by atoms with E-state index < -0.39 is 0 Å². The van der Waals surface area contributed by atoms with Crippen LogP contribution in [-0.2, 0) is 19.4 Å². The molecule has 30 heavy (non-hydrogen) atoms. The van der Waals surface area contributed by atoms with Crippen LogP contribution in [0.2, 0.25) is 0 Å². The second kappa shape index (κ2) is 7.80. The van der Waals surface area contributed by atoms with Crippen LogP contribution in [0.25, 0.3) is 16.5 Å². The van der Waals surface area contributed by atoms with Crippen molar-refractivity contribution >= 4 is 16.5 Å². The Kier molecular flexibility index (Phi) is 4.98. The van der Waals surface area contributed by atoms with E-state index in [1.165, 1.54) is 12.1 Å². The quantitative estimate of drug-likeness (QED) is 0.661. The van der Waals surface area contributed by atoms with Gasteiger partial charge >= 0.3 is 0 Å². The summed E-state index contributed by atoms with van der Waals surface area (Å²) in [5.41, 5.74) is 4.28. The van der Waals surface area contributed by atoms with Gasteiger partial charge in [-0.25, -0.2) is 9.37 Å². The number of hydrogen-bond donors (Lipinski definition) is 0. The molecule has 0 bridgehead atoms. The molecule has 0 amide bonds. The molecule has 0 radical (unpaired) electrons. The molecule has 2 aliphatic rings. The molecule has 2 aromatic heterocycles. The van der Waals surface area contributed by atoms with E-state index in [2.05, 4.69) is 16.1 Å². The maximum absolute atomic E-state index is 13.4. The Labute approximate surface area is 174 Å². The Hall–Kier alpha value is -2.80. The Balaban J connectivity index is 1.28. The maximum atomic E-state index is 13.4. The number of halogens is 1. The fraction of sp³-hybridized carbons (Fsp3) is 0.435. The molecule has 2 aliphatic heterocycles. The van der Waals surface area contributed by atoms with E-state index in [1.807, 2.05) is 11.5 Å². The van der Waals surface area contributed by atoms with Gasteiger partial charge in [-0.15, -0.1) is 0 Å². The molecule has 3 aromatic rings. The maximum Gasteiger partial charge on any atom is 0.256 e. The largest absolute Gasteiger partial charge is 0.356 e. The number of hydrogen-bond acceptors (Lipinski definition) is 5. The minimum absolute atomic E-state index is 0.145. The Morgan fingerprint density at radius 1 is 1.20 bits per heavy atom. The smallest absolute Gasteiger partial charge is 0.256 e. The fourth-order valence-electron chi connectivity index (χ4n) is 4.56. The van der Waals surface area contributed by atoms with Gasteiger partial charge in [-0.2, -0.15) is 0 Å². The number of aromatic nitrogens is 3. The van der Waals surface area contributed by atoms with Gasteiger partial charge in [-0.05, 0) is 50.3 Å². The molecular formula is C23H25FN4O2. The lowest BCUT2D eigenvalue weighted by Gasteiger charge is -2.26. The predicted octanol–water partition coefficient (Wildman–Crippen LogP) is 3.50. The van der Waals surface area contributed by atoms with E-state index in [0.717, 1.165) is 85.6 Å². The lowest BCUT2D eigenvalue weighted by molar-refractivity contribution is 0.304. The summed E-state index contributed by atoms with van der Waals surface area (Å²) in [6.07, 6.45) is 6.80. The highest BCUT2D eigenvalue weighted by Gasteiger charge is 2.20. The molecule has 0 aliphatic carbocycles. The summed E-state index contributed by atoms with van der Waals surface area (Å²) < 4.78 is 20.5. The number of nitrogens with zero attached hydrogens (tertiary/aromatic N) is 4. The normalized spacial score (nSPS) is 17.2. The van der Waals surface area contributed by atoms with Crippen LogP contribution >= 0.6 is 0 Å². The third-order valence-electron chi connectivity index (χ3n) is 6.29. The van der Waals surface area contributed by atoms with E-state index >= 15 is 0 Å². The standard InChI is InChI=1S/C23H25FN4O2/c1-15-18(23(29)28-10-3-2-4-21(28)25-15)9-13-27-11-7-16(8-12-27)22-19-6-5-17(24)14-20(19)30-26-22/h5-7,14H,2-4,8-13H2,1H3. The molecule has 0 unspecified atom stereocenters. The van der Waals surface area contributed by atoms with Crippen LogP contribution < -0.4 is 5.56 Å². The number of rotatable bonds is 4. The molecule has 0 saturated carbocycles. The van der Waals surface area contributed by atoms with Gasteiger partial charge < -0.3 is 4.52 Å². The van der Waals surface area contributed by atoms with E-state index in [0.29, 0.717) is 12.0 Å². The summed E-state index contributed by atoms with van der Waals surface area (Å²) in [5.74, 6) is 0.620. The summed E-state index contributed by atoms with van der Waals surface area (Å²) >= 11 is 0. The van der Waals surface area contributed by atoms with Gasteiger partial charge in [0.05, 0.1) is 0 Å². The highest BCUT2D eigenvalue weighted by molar-refractivity contribution is 5.89. The topological polar surface area (TPSA) is 64.2 Å². The SMILES string of the molecule is Cc1nc2n(c(=O)c1CCN1CC=C(c3noc4cc(F)ccc34)CC1)CCCC2. The number of aryl methyl sites for hydroxylation is 2. The predicted molar refractivity (Wildman–Crippen MR) is 113 cm³/mol. The minimum Gasteiger partial charge on any atom is -0.356 e. The minimum atomic E-state index is -0.322. The number of benzene rings is 1. The van der Waals surface area contributed by atoms with Crippen molar-refractivity contribution in [1.82, 2.24) is 19.6 Å². The van der Waals surface area contributed by atoms with Gasteiger partial charge in [0.1, 0.15) is 17.3 Å². The van der Waals surface area contributed by atoms with Gasteiger partial charge in [0.25, 0.3) is 5.56 Å². The first kappa shape index (κ1) is 19.2. The van der Waals surface area contributed by atoms with Gasteiger partial charge in [-0.3, -0.25) is 14.3 Å². The van der Waals surface area contributed by atoms with Crippen molar-refractivity contribution in [2.75, 3.05) is 19.6 Å². The van der Waals surface area contributed by atoms with E-state index in [4.69, 9.17) is 9.51 Å². The first-order chi connectivity index (χ1) is 14.6. The van der Waals surface area contributed by atoms with E-state index in [-0.39, 0.29) is 11.4 Å². The fourth-order valence-corrected chi connectivity index (χ4v) is 4.56. The van der Waals surface area contributed by atoms with Gasteiger partial charge in [-0.1, -0.05) is 11.2 Å². The summed E-state index contributed by atoms with van der Waals surface area (Å²) in [5, 5.41) is 5.01. The summed E-state index contributed by atoms with van der Waals surface area (Å²) in [6, 6.07) is 4.53. The van der Waals surface area contributed by atoms with Crippen LogP contribution in [0, 0.1) is 12.7 Å². The molecular weight excluding hydrogens is 383 g/mol. The first-order valence-electron chi connectivity index (χ1n) is 10.7. The third kappa shape index (κ3) is 3.47. The summed E-state index contributed by atoms with van der Waals surface area (Å²) in [6.45, 7) is 5.26. The highest BCUT2D eigenvalue weighted by atomic mass is 19.1. The van der Waals surface area contributed by atoms with Crippen molar-refractivity contribution in [3.05, 3.63) is 63.2 Å². The van der Waals surface area contributed by atoms with E-state index in [1.54, 1.807) is 6.07 Å². The molecule has 4 heterocycles. The lowest BCUT2D eigenvalue weighted by Crippen LogP contribution is -2.35. The Morgan fingerprint density at radius 2 is 2.10 bits per heavy atom.